The summed E-state index contributed by atoms with van der Waals surface area (Å²) >= 11 is 2.81. The van der Waals surface area contributed by atoms with E-state index in [1.165, 1.54) is 48.0 Å². The summed E-state index contributed by atoms with van der Waals surface area (Å²) in [5, 5.41) is 4.13. The third kappa shape index (κ3) is 5.07. The van der Waals surface area contributed by atoms with Gasteiger partial charge in [0, 0.05) is 35.9 Å². The fourth-order valence-corrected chi connectivity index (χ4v) is 5.67. The Morgan fingerprint density at radius 1 is 1.25 bits per heavy atom. The number of carbonyl (C=O) groups is 1. The van der Waals surface area contributed by atoms with Crippen molar-refractivity contribution in [3.8, 4) is 0 Å². The van der Waals surface area contributed by atoms with Crippen molar-refractivity contribution < 1.29 is 4.79 Å². The van der Waals surface area contributed by atoms with Crippen molar-refractivity contribution in [2.24, 2.45) is 0 Å². The first kappa shape index (κ1) is 22.6. The van der Waals surface area contributed by atoms with Crippen molar-refractivity contribution in [3.05, 3.63) is 58.2 Å². The van der Waals surface area contributed by atoms with Gasteiger partial charge in [0.15, 0.2) is 5.16 Å². The Balaban J connectivity index is 1.43. The second-order valence-corrected chi connectivity index (χ2v) is 9.87. The van der Waals surface area contributed by atoms with Crippen molar-refractivity contribution in [2.75, 3.05) is 29.1 Å². The van der Waals surface area contributed by atoms with E-state index in [2.05, 4.69) is 40.8 Å². The molecule has 8 heteroatoms. The van der Waals surface area contributed by atoms with E-state index in [4.69, 9.17) is 0 Å². The van der Waals surface area contributed by atoms with Crippen LogP contribution in [0.4, 0.5) is 11.4 Å². The third-order valence-electron chi connectivity index (χ3n) is 5.53. The molecule has 1 aliphatic heterocycles. The number of anilines is 2. The zero-order chi connectivity index (χ0) is 22.5. The van der Waals surface area contributed by atoms with E-state index < -0.39 is 0 Å². The summed E-state index contributed by atoms with van der Waals surface area (Å²) in [6.07, 6.45) is 6.31. The van der Waals surface area contributed by atoms with Crippen LogP contribution in [-0.2, 0) is 17.8 Å². The lowest BCUT2D eigenvalue weighted by Crippen LogP contribution is -2.29. The molecule has 0 spiro atoms. The average Bonchev–Trinajstić information content (AvgIpc) is 3.24. The van der Waals surface area contributed by atoms with Gasteiger partial charge in [-0.05, 0) is 56.0 Å². The minimum absolute atomic E-state index is 0.0814. The number of rotatable bonds is 8. The molecule has 3 aromatic rings. The predicted molar refractivity (Wildman–Crippen MR) is 135 cm³/mol. The maximum absolute atomic E-state index is 12.9. The van der Waals surface area contributed by atoms with E-state index in [0.29, 0.717) is 17.1 Å². The molecule has 1 aromatic carbocycles. The van der Waals surface area contributed by atoms with Crippen LogP contribution >= 0.6 is 23.1 Å². The zero-order valence-electron chi connectivity index (χ0n) is 18.3. The number of thioether (sulfide) groups is 1. The smallest absolute Gasteiger partial charge is 0.263 e. The lowest BCUT2D eigenvalue weighted by molar-refractivity contribution is -0.113. The minimum atomic E-state index is -0.124. The molecule has 32 heavy (non-hydrogen) atoms. The molecule has 6 nitrogen and oxygen atoms in total. The molecule has 2 aromatic heterocycles. The van der Waals surface area contributed by atoms with Gasteiger partial charge in [0.2, 0.25) is 5.91 Å². The molecule has 4 rings (SSSR count). The summed E-state index contributed by atoms with van der Waals surface area (Å²) < 4.78 is 1.59. The van der Waals surface area contributed by atoms with Gasteiger partial charge in [0.1, 0.15) is 4.83 Å². The summed E-state index contributed by atoms with van der Waals surface area (Å²) in [6, 6.07) is 9.94. The first-order chi connectivity index (χ1) is 15.6. The number of nitrogens with one attached hydrogen (secondary N) is 1. The van der Waals surface area contributed by atoms with E-state index in [1.54, 1.807) is 10.6 Å². The van der Waals surface area contributed by atoms with Gasteiger partial charge in [0.05, 0.1) is 11.1 Å². The second kappa shape index (κ2) is 10.4. The number of benzene rings is 1. The summed E-state index contributed by atoms with van der Waals surface area (Å²) in [6.45, 7) is 8.36. The minimum Gasteiger partial charge on any atom is -0.372 e. The normalized spacial score (nSPS) is 14.0. The molecular formula is C24H28N4O2S2. The van der Waals surface area contributed by atoms with Gasteiger partial charge in [-0.25, -0.2) is 4.98 Å². The van der Waals surface area contributed by atoms with Gasteiger partial charge in [-0.2, -0.15) is 0 Å². The van der Waals surface area contributed by atoms with Crippen LogP contribution in [0.25, 0.3) is 10.2 Å². The number of hydrogen-bond donors (Lipinski definition) is 1. The maximum atomic E-state index is 12.9. The van der Waals surface area contributed by atoms with E-state index >= 15 is 0 Å². The summed E-state index contributed by atoms with van der Waals surface area (Å²) in [7, 11) is 0. The highest BCUT2D eigenvalue weighted by Crippen LogP contribution is 2.26. The number of carbonyl (C=O) groups excluding carboxylic acids is 1. The van der Waals surface area contributed by atoms with E-state index in [9.17, 15) is 9.59 Å². The first-order valence-electron chi connectivity index (χ1n) is 11.0. The van der Waals surface area contributed by atoms with Crippen LogP contribution in [0.1, 0.15) is 31.1 Å². The molecule has 0 saturated carbocycles. The molecule has 1 fully saturated rings. The van der Waals surface area contributed by atoms with Gasteiger partial charge in [-0.3, -0.25) is 14.2 Å². The first-order valence-corrected chi connectivity index (χ1v) is 12.8. The summed E-state index contributed by atoms with van der Waals surface area (Å²) in [5.74, 6) is 0.0512. The molecule has 0 unspecified atom stereocenters. The number of amides is 1. The molecule has 0 radical (unpaired) electrons. The molecule has 0 atom stereocenters. The largest absolute Gasteiger partial charge is 0.372 e. The van der Waals surface area contributed by atoms with Gasteiger partial charge in [-0.15, -0.1) is 17.9 Å². The van der Waals surface area contributed by atoms with Gasteiger partial charge < -0.3 is 10.2 Å². The Bertz CT molecular complexity index is 1160. The van der Waals surface area contributed by atoms with Crippen LogP contribution in [0.3, 0.4) is 0 Å². The van der Waals surface area contributed by atoms with Gasteiger partial charge in [0.25, 0.3) is 5.56 Å². The topological polar surface area (TPSA) is 67.2 Å². The molecular weight excluding hydrogens is 440 g/mol. The quantitative estimate of drug-likeness (QED) is 0.289. The van der Waals surface area contributed by atoms with E-state index in [1.807, 2.05) is 18.2 Å². The van der Waals surface area contributed by atoms with Gasteiger partial charge >= 0.3 is 0 Å². The number of nitrogens with zero attached hydrogens (tertiary/aromatic N) is 3. The number of aromatic nitrogens is 2. The molecule has 1 saturated heterocycles. The van der Waals surface area contributed by atoms with Crippen LogP contribution < -0.4 is 15.8 Å². The molecule has 3 heterocycles. The van der Waals surface area contributed by atoms with Crippen molar-refractivity contribution >= 4 is 50.6 Å². The molecule has 168 valence electrons. The summed E-state index contributed by atoms with van der Waals surface area (Å²) in [5.41, 5.74) is 1.89. The zero-order valence-corrected chi connectivity index (χ0v) is 19.9. The fourth-order valence-electron chi connectivity index (χ4n) is 3.86. The molecule has 1 N–H and O–H groups in total. The highest BCUT2D eigenvalue weighted by molar-refractivity contribution is 7.99. The molecule has 0 bridgehead atoms. The average molecular weight is 469 g/mol. The molecule has 1 amide bonds. The number of fused-ring (bicyclic) bond motifs is 1. The van der Waals surface area contributed by atoms with Crippen LogP contribution in [0.15, 0.2) is 52.9 Å². The number of hydrogen-bond acceptors (Lipinski definition) is 6. The standard InChI is InChI=1S/C24H28N4O2S2/c1-3-12-28-23(30)20-15-19(4-2)32-22(20)26-24(28)31-16-21(29)25-17-8-10-18(11-9-17)27-13-6-5-7-14-27/h3,8-11,15H,1,4-7,12-14,16H2,2H3,(H,25,29). The monoisotopic (exact) mass is 468 g/mol. The van der Waals surface area contributed by atoms with Gasteiger partial charge in [-0.1, -0.05) is 24.8 Å². The van der Waals surface area contributed by atoms with E-state index in [0.717, 1.165) is 34.9 Å². The lowest BCUT2D eigenvalue weighted by Gasteiger charge is -2.28. The number of thiophene rings is 1. The Morgan fingerprint density at radius 3 is 2.69 bits per heavy atom. The lowest BCUT2D eigenvalue weighted by atomic mass is 10.1. The third-order valence-corrected chi connectivity index (χ3v) is 7.68. The van der Waals surface area contributed by atoms with Crippen LogP contribution in [0, 0.1) is 0 Å². The molecule has 0 aliphatic carbocycles. The van der Waals surface area contributed by atoms with E-state index in [-0.39, 0.29) is 17.2 Å². The van der Waals surface area contributed by atoms with Crippen LogP contribution in [0.2, 0.25) is 0 Å². The van der Waals surface area contributed by atoms with Crippen molar-refractivity contribution in [3.63, 3.8) is 0 Å². The number of piperidine rings is 1. The SMILES string of the molecule is C=CCn1c(SCC(=O)Nc2ccc(N3CCCCC3)cc2)nc2sc(CC)cc2c1=O. The second-order valence-electron chi connectivity index (χ2n) is 7.82. The fraction of sp³-hybridized carbons (Fsp3) is 0.375. The molecule has 1 aliphatic rings. The highest BCUT2D eigenvalue weighted by Gasteiger charge is 2.15. The number of allylic oxidation sites excluding steroid dienone is 1. The van der Waals surface area contributed by atoms with Crippen molar-refractivity contribution in [1.29, 1.82) is 0 Å². The van der Waals surface area contributed by atoms with Crippen molar-refractivity contribution in [1.82, 2.24) is 9.55 Å². The van der Waals surface area contributed by atoms with Crippen LogP contribution in [-0.4, -0.2) is 34.3 Å². The summed E-state index contributed by atoms with van der Waals surface area (Å²) in [4.78, 5) is 34.4. The highest BCUT2D eigenvalue weighted by atomic mass is 32.2. The Kier molecular flexibility index (Phi) is 7.32. The Morgan fingerprint density at radius 2 is 2.00 bits per heavy atom. The Hall–Kier alpha value is -2.58. The van der Waals surface area contributed by atoms with Crippen molar-refractivity contribution in [2.45, 2.75) is 44.3 Å². The van der Waals surface area contributed by atoms with Crippen LogP contribution in [0.5, 0.6) is 0 Å². The Labute approximate surface area is 196 Å². The maximum Gasteiger partial charge on any atom is 0.263 e. The number of aryl methyl sites for hydroxylation is 1. The predicted octanol–water partition coefficient (Wildman–Crippen LogP) is 4.93.